The molecule has 0 radical (unpaired) electrons. The van der Waals surface area contributed by atoms with E-state index in [0.29, 0.717) is 125 Å². The molecule has 8 rings (SSSR count). The van der Waals surface area contributed by atoms with E-state index in [2.05, 4.69) is 51.3 Å². The molecule has 692 valence electrons. The number of hydrogen-bond donors (Lipinski definition) is 2. The van der Waals surface area contributed by atoms with Crippen LogP contribution in [0.25, 0.3) is 19.9 Å². The first-order chi connectivity index (χ1) is 57.3. The quantitative estimate of drug-likeness (QED) is 0.00967. The number of rotatable bonds is 26. The molecular weight excluding hydrogens is 1800 g/mol. The predicted molar refractivity (Wildman–Crippen MR) is 423 cm³/mol. The van der Waals surface area contributed by atoms with Gasteiger partial charge in [-0.1, -0.05) is 112 Å². The molecule has 0 atom stereocenters. The number of unbranched alkanes of at least 4 members (excludes halogenated alkanes) is 3. The van der Waals surface area contributed by atoms with E-state index in [4.69, 9.17) is 85.7 Å². The van der Waals surface area contributed by atoms with Crippen molar-refractivity contribution in [3.8, 4) is 46.0 Å². The van der Waals surface area contributed by atoms with Crippen LogP contribution >= 0.6 is 7.81 Å². The summed E-state index contributed by atoms with van der Waals surface area (Å²) in [6, 6.07) is 44.8. The molecule has 0 aliphatic heterocycles. The first-order valence-corrected chi connectivity index (χ1v) is 43.1. The smallest absolute Gasteiger partial charge is 0.485 e. The van der Waals surface area contributed by atoms with Crippen molar-refractivity contribution in [2.24, 2.45) is 0 Å². The van der Waals surface area contributed by atoms with Gasteiger partial charge in [0, 0.05) is 71.2 Å². The van der Waals surface area contributed by atoms with Gasteiger partial charge < -0.3 is 66.9 Å². The summed E-state index contributed by atoms with van der Waals surface area (Å²) in [5.74, 6) is 3.91. The number of methoxy groups -OCH3 is 2. The third-order valence-corrected chi connectivity index (χ3v) is 16.4. The van der Waals surface area contributed by atoms with Crippen LogP contribution in [0.15, 0.2) is 168 Å². The molecule has 51 heteroatoms. The van der Waals surface area contributed by atoms with E-state index in [0.717, 1.165) is 61.0 Å². The molecule has 125 heavy (non-hydrogen) atoms. The summed E-state index contributed by atoms with van der Waals surface area (Å²) in [5.41, 5.74) is 1.62. The number of aryl methyl sites for hydroxylation is 4. The minimum Gasteiger partial charge on any atom is -1.00 e. The average Bonchev–Trinajstić information content (AvgIpc) is 0.786. The third kappa shape index (κ3) is 55.4. The van der Waals surface area contributed by atoms with E-state index >= 15 is 0 Å². The second-order valence-corrected chi connectivity index (χ2v) is 30.6. The topological polar surface area (TPSA) is 491 Å². The second kappa shape index (κ2) is 56.4. The summed E-state index contributed by atoms with van der Waals surface area (Å²) in [5, 5.41) is 41.8. The average molecular weight is 1890 g/mol. The third-order valence-electron chi connectivity index (χ3n) is 13.8. The van der Waals surface area contributed by atoms with Crippen LogP contribution in [-0.4, -0.2) is 112 Å². The van der Waals surface area contributed by atoms with E-state index in [1.165, 1.54) is 26.4 Å². The van der Waals surface area contributed by atoms with Crippen molar-refractivity contribution in [1.82, 2.24) is 0 Å². The van der Waals surface area contributed by atoms with Crippen LogP contribution in [0.3, 0.4) is 0 Å². The fourth-order valence-corrected chi connectivity index (χ4v) is 10.2. The number of halogens is 14. The van der Waals surface area contributed by atoms with Crippen LogP contribution < -0.4 is 71.9 Å². The van der Waals surface area contributed by atoms with Gasteiger partial charge in [-0.05, 0) is 127 Å². The number of nitrogens with one attached hydrogen (secondary N) is 2. The Hall–Kier alpha value is -11.4. The van der Waals surface area contributed by atoms with E-state index in [9.17, 15) is 87.4 Å². The number of amides is 1. The van der Waals surface area contributed by atoms with Gasteiger partial charge >= 0.3 is 68.8 Å². The molecular formula is C74H88BClF13N10O22PS3-2. The molecule has 0 bridgehead atoms. The number of anilines is 3. The molecule has 0 aliphatic rings. The van der Waals surface area contributed by atoms with Gasteiger partial charge in [0.2, 0.25) is 56.1 Å². The van der Waals surface area contributed by atoms with E-state index in [1.807, 2.05) is 77.1 Å². The summed E-state index contributed by atoms with van der Waals surface area (Å²) < 4.78 is 288. The van der Waals surface area contributed by atoms with Crippen molar-refractivity contribution in [1.29, 1.82) is 21.6 Å². The Morgan fingerprint density at radius 2 is 0.800 bits per heavy atom. The summed E-state index contributed by atoms with van der Waals surface area (Å²) in [4.78, 5) is 24.5. The minimum absolute atomic E-state index is 0. The van der Waals surface area contributed by atoms with Gasteiger partial charge in [-0.25, -0.2) is 43.9 Å². The first-order valence-electron chi connectivity index (χ1n) is 35.6. The molecule has 0 heterocycles. The second-order valence-electron chi connectivity index (χ2n) is 23.9. The molecule has 8 aromatic carbocycles. The SMILES string of the molecule is CCCCOc1cc(OCCCC)c([N+]#N)c(OCCCC)c1.CCOc1cc(OCC)c([N+]#N)c(OCC)c1.COc1cc(NC(=O)c2ccccc2)ccc1[N+]#N.COc1cc(Nc2ccccc2)ccc1[N+]#N.Cc1cc(C)c(S(=O)(=O)[O-])c(C)c1.Cc1ccc(S(=O)(=O)[O-])cc1.FB(F)F.F[P-](F)(F)(F)(F)F.O=S(=O)([O-])C(F)(F)F.[F-].[O-][Cl+3]([O-])([O-])[O-]. The van der Waals surface area contributed by atoms with E-state index in [-0.39, 0.29) is 26.1 Å². The summed E-state index contributed by atoms with van der Waals surface area (Å²) >= 11 is 0. The number of para-hydroxylation sites is 1. The number of alkyl halides is 3. The van der Waals surface area contributed by atoms with Crippen LogP contribution in [0, 0.1) is 59.5 Å². The Bertz CT molecular complexity index is 5060. The van der Waals surface area contributed by atoms with Crippen LogP contribution in [0.4, 0.5) is 91.1 Å². The van der Waals surface area contributed by atoms with Gasteiger partial charge in [0.15, 0.2) is 30.0 Å². The van der Waals surface area contributed by atoms with E-state index in [1.54, 1.807) is 117 Å². The van der Waals surface area contributed by atoms with Crippen molar-refractivity contribution in [2.75, 3.05) is 64.5 Å². The van der Waals surface area contributed by atoms with Gasteiger partial charge in [-0.3, -0.25) is 17.7 Å². The van der Waals surface area contributed by atoms with Crippen molar-refractivity contribution < 1.29 is 166 Å². The molecule has 0 saturated carbocycles. The molecule has 1 amide bonds. The van der Waals surface area contributed by atoms with Crippen molar-refractivity contribution in [2.45, 2.75) is 123 Å². The molecule has 32 nitrogen and oxygen atoms in total. The van der Waals surface area contributed by atoms with Crippen LogP contribution in [0.2, 0.25) is 0 Å². The van der Waals surface area contributed by atoms with Gasteiger partial charge in [-0.15, -0.1) is 10.2 Å². The Kier molecular flexibility index (Phi) is 53.1. The number of hydrogen-bond acceptors (Lipinski definition) is 27. The maximum absolute atomic E-state index is 11.9. The van der Waals surface area contributed by atoms with Crippen LogP contribution in [0.1, 0.15) is 113 Å². The molecule has 0 aliphatic carbocycles. The molecule has 8 aromatic rings. The van der Waals surface area contributed by atoms with Crippen molar-refractivity contribution >= 4 is 91.4 Å². The normalized spacial score (nSPS) is 11.0. The van der Waals surface area contributed by atoms with Crippen molar-refractivity contribution in [3.05, 3.63) is 205 Å². The number of benzene rings is 8. The number of carbonyl (C=O) groups is 1. The van der Waals surface area contributed by atoms with Crippen molar-refractivity contribution in [3.63, 3.8) is 0 Å². The predicted octanol–water partition coefficient (Wildman–Crippen LogP) is 15.4. The van der Waals surface area contributed by atoms with Gasteiger partial charge in [-0.2, -0.15) is 13.2 Å². The van der Waals surface area contributed by atoms with Gasteiger partial charge in [0.05, 0.1) is 63.7 Å². The van der Waals surface area contributed by atoms with Gasteiger partial charge in [0.1, 0.15) is 31.7 Å². The fraction of sp³-hybridized carbons (Fsp3) is 0.338. The number of diazo groups is 4. The Morgan fingerprint density at radius 1 is 0.464 bits per heavy atom. The zero-order valence-electron chi connectivity index (χ0n) is 68.6. The van der Waals surface area contributed by atoms with Crippen LogP contribution in [0.5, 0.6) is 46.0 Å². The largest absolute Gasteiger partial charge is 1.00 e. The summed E-state index contributed by atoms with van der Waals surface area (Å²) in [7, 11) is -31.0. The zero-order chi connectivity index (χ0) is 95.5. The molecule has 0 spiro atoms. The number of nitrogens with zero attached hydrogens (tertiary/aromatic N) is 8. The molecule has 2 N–H and O–H groups in total. The summed E-state index contributed by atoms with van der Waals surface area (Å²) in [6.07, 6.45) is 6.03. The monoisotopic (exact) mass is 1890 g/mol. The molecule has 0 fully saturated rings. The summed E-state index contributed by atoms with van der Waals surface area (Å²) in [6.45, 7) is 22.2. The minimum atomic E-state index is -10.7. The fourth-order valence-electron chi connectivity index (χ4n) is 8.81. The maximum Gasteiger partial charge on any atom is 0.485 e. The zero-order valence-corrected chi connectivity index (χ0v) is 72.7. The Balaban J connectivity index is -0.00000137. The number of carbonyl (C=O) groups excluding carboxylic acids is 1. The molecule has 0 saturated heterocycles. The Morgan fingerprint density at radius 3 is 1.12 bits per heavy atom. The standard InChI is InChI=1S/C18H29N2O3.C14H11N3O2.C13H12N3O.C12H17N2O3.C9H12O3S.C7H8O3S.CHF3O3S.BF3.ClHO4.F6P.FH/c1-4-7-10-21-15-13-16(22-11-8-5-2)18(20-19)17(14-15)23-12-9-6-3;1-19-13-9-11(7-8-12(13)17-15)16-14(18)10-5-3-2-4-6-10;1-17-13-9-11(7-8-12(13)16-14)15-10-5-3-2-4-6-10;1-4-15-9-7-10(16-5-2)12(14-13)11(8-9)17-6-3;1-6-4-7(2)9(8(3)5-6)13(10,11)12;1-6-2-4-7(5-3-6)11(8,9)10;2-1(3,4)8(5,6)7;2-1(3)4;2-1(3,4)5;1-7(2,3,4,5)6;/h13-14H,4-12H2,1-3H3;2-9H,1H3;2-9,15H,1H3;7-8H,4-6H2,1-3H3;4-5H,1-3H3,(H,10,11,12);2-5H,1H3,(H,8,9,10);(H,5,6,7);;(H,2,3,4,5);;1H/q+1;;2*+1;;;;;;-1;/p-4. The molecule has 0 unspecified atom stereocenters. The first kappa shape index (κ1) is 118. The maximum atomic E-state index is 11.9. The number of ether oxygens (including phenoxy) is 8. The molecule has 0 aromatic heterocycles. The Labute approximate surface area is 715 Å². The van der Waals surface area contributed by atoms with Gasteiger partial charge in [0.25, 0.3) is 5.91 Å². The van der Waals surface area contributed by atoms with Crippen LogP contribution in [-0.2, 0) is 30.4 Å². The van der Waals surface area contributed by atoms with E-state index < -0.39 is 61.5 Å².